The van der Waals surface area contributed by atoms with Crippen molar-refractivity contribution in [3.63, 3.8) is 0 Å². The van der Waals surface area contributed by atoms with Gasteiger partial charge >= 0.3 is 0 Å². The van der Waals surface area contributed by atoms with Gasteiger partial charge in [0.05, 0.1) is 5.69 Å². The molecule has 2 heteroatoms. The number of hydrogen-bond acceptors (Lipinski definition) is 2. The lowest BCUT2D eigenvalue weighted by Gasteiger charge is -2.04. The van der Waals surface area contributed by atoms with Crippen molar-refractivity contribution >= 4 is 0 Å². The number of nitrogens with one attached hydrogen (secondary N) is 1. The van der Waals surface area contributed by atoms with Crippen LogP contribution in [0.25, 0.3) is 0 Å². The van der Waals surface area contributed by atoms with Gasteiger partial charge in [-0.25, -0.2) is 0 Å². The standard InChI is InChI=1S/C15H18N2/c1-13-5-7-14(8-6-13)9-11-16-12-15-4-2-3-10-17-15/h2-8,10,16H,9,11-12H2,1H3. The molecule has 0 fully saturated rings. The van der Waals surface area contributed by atoms with E-state index in [1.54, 1.807) is 0 Å². The molecule has 0 saturated carbocycles. The molecular weight excluding hydrogens is 208 g/mol. The third-order valence-electron chi connectivity index (χ3n) is 2.74. The highest BCUT2D eigenvalue weighted by Crippen LogP contribution is 2.03. The van der Waals surface area contributed by atoms with E-state index in [0.29, 0.717) is 0 Å². The summed E-state index contributed by atoms with van der Waals surface area (Å²) < 4.78 is 0. The van der Waals surface area contributed by atoms with Crippen molar-refractivity contribution in [2.24, 2.45) is 0 Å². The Morgan fingerprint density at radius 1 is 1.06 bits per heavy atom. The summed E-state index contributed by atoms with van der Waals surface area (Å²) in [6.07, 6.45) is 2.89. The van der Waals surface area contributed by atoms with Gasteiger partial charge in [-0.15, -0.1) is 0 Å². The van der Waals surface area contributed by atoms with Crippen molar-refractivity contribution < 1.29 is 0 Å². The predicted octanol–water partition coefficient (Wildman–Crippen LogP) is 2.72. The minimum Gasteiger partial charge on any atom is -0.311 e. The van der Waals surface area contributed by atoms with Gasteiger partial charge in [-0.3, -0.25) is 4.98 Å². The fraction of sp³-hybridized carbons (Fsp3) is 0.267. The maximum Gasteiger partial charge on any atom is 0.0541 e. The van der Waals surface area contributed by atoms with Gasteiger partial charge in [0.1, 0.15) is 0 Å². The van der Waals surface area contributed by atoms with E-state index in [1.165, 1.54) is 11.1 Å². The summed E-state index contributed by atoms with van der Waals surface area (Å²) in [6.45, 7) is 3.94. The van der Waals surface area contributed by atoms with E-state index in [1.807, 2.05) is 24.4 Å². The van der Waals surface area contributed by atoms with Crippen LogP contribution in [-0.2, 0) is 13.0 Å². The third-order valence-corrected chi connectivity index (χ3v) is 2.74. The second kappa shape index (κ2) is 6.16. The molecule has 1 aromatic heterocycles. The smallest absolute Gasteiger partial charge is 0.0541 e. The molecule has 1 aromatic carbocycles. The van der Waals surface area contributed by atoms with Crippen molar-refractivity contribution in [2.75, 3.05) is 6.54 Å². The van der Waals surface area contributed by atoms with Crippen molar-refractivity contribution in [1.29, 1.82) is 0 Å². The van der Waals surface area contributed by atoms with Crippen LogP contribution < -0.4 is 5.32 Å². The van der Waals surface area contributed by atoms with Gasteiger partial charge in [-0.1, -0.05) is 35.9 Å². The molecule has 2 nitrogen and oxygen atoms in total. The highest BCUT2D eigenvalue weighted by Gasteiger charge is 1.94. The molecule has 88 valence electrons. The average molecular weight is 226 g/mol. The second-order valence-electron chi connectivity index (χ2n) is 4.23. The zero-order valence-corrected chi connectivity index (χ0v) is 10.2. The van der Waals surface area contributed by atoms with E-state index in [-0.39, 0.29) is 0 Å². The number of rotatable bonds is 5. The van der Waals surface area contributed by atoms with Crippen LogP contribution in [0.1, 0.15) is 16.8 Å². The van der Waals surface area contributed by atoms with Crippen LogP contribution in [0.2, 0.25) is 0 Å². The van der Waals surface area contributed by atoms with Crippen LogP contribution in [0.4, 0.5) is 0 Å². The molecule has 0 spiro atoms. The minimum atomic E-state index is 0.840. The Labute approximate surface area is 103 Å². The lowest BCUT2D eigenvalue weighted by molar-refractivity contribution is 0.675. The minimum absolute atomic E-state index is 0.840. The molecule has 2 rings (SSSR count). The Bertz CT molecular complexity index is 434. The van der Waals surface area contributed by atoms with E-state index in [9.17, 15) is 0 Å². The Morgan fingerprint density at radius 3 is 2.59 bits per heavy atom. The van der Waals surface area contributed by atoms with Crippen LogP contribution in [-0.4, -0.2) is 11.5 Å². The van der Waals surface area contributed by atoms with Crippen molar-refractivity contribution in [3.05, 3.63) is 65.5 Å². The molecular formula is C15H18N2. The number of aromatic nitrogens is 1. The zero-order valence-electron chi connectivity index (χ0n) is 10.2. The molecule has 0 aliphatic carbocycles. The molecule has 0 aliphatic heterocycles. The Kier molecular flexibility index (Phi) is 4.28. The van der Waals surface area contributed by atoms with E-state index in [0.717, 1.165) is 25.2 Å². The lowest BCUT2D eigenvalue weighted by Crippen LogP contribution is -2.17. The number of nitrogens with zero attached hydrogens (tertiary/aromatic N) is 1. The van der Waals surface area contributed by atoms with E-state index in [2.05, 4.69) is 41.5 Å². The first-order chi connectivity index (χ1) is 8.34. The molecule has 0 saturated heterocycles. The Balaban J connectivity index is 1.71. The quantitative estimate of drug-likeness (QED) is 0.793. The molecule has 2 aromatic rings. The van der Waals surface area contributed by atoms with E-state index in [4.69, 9.17) is 0 Å². The summed E-state index contributed by atoms with van der Waals surface area (Å²) in [4.78, 5) is 4.27. The fourth-order valence-electron chi connectivity index (χ4n) is 1.71. The summed E-state index contributed by atoms with van der Waals surface area (Å²) in [7, 11) is 0. The van der Waals surface area contributed by atoms with Crippen molar-refractivity contribution in [1.82, 2.24) is 10.3 Å². The van der Waals surface area contributed by atoms with Crippen molar-refractivity contribution in [2.45, 2.75) is 19.9 Å². The zero-order chi connectivity index (χ0) is 11.9. The molecule has 1 N–H and O–H groups in total. The monoisotopic (exact) mass is 226 g/mol. The highest BCUT2D eigenvalue weighted by atomic mass is 14.9. The highest BCUT2D eigenvalue weighted by molar-refractivity contribution is 5.21. The molecule has 1 heterocycles. The normalized spacial score (nSPS) is 10.4. The second-order valence-corrected chi connectivity index (χ2v) is 4.23. The first-order valence-electron chi connectivity index (χ1n) is 6.01. The van der Waals surface area contributed by atoms with Crippen LogP contribution in [0, 0.1) is 6.92 Å². The van der Waals surface area contributed by atoms with Gasteiger partial charge in [0.2, 0.25) is 0 Å². The summed E-state index contributed by atoms with van der Waals surface area (Å²) in [5.41, 5.74) is 3.79. The predicted molar refractivity (Wildman–Crippen MR) is 70.8 cm³/mol. The van der Waals surface area contributed by atoms with Crippen LogP contribution in [0.3, 0.4) is 0 Å². The van der Waals surface area contributed by atoms with Crippen LogP contribution in [0.15, 0.2) is 48.7 Å². The summed E-state index contributed by atoms with van der Waals surface area (Å²) in [6, 6.07) is 14.7. The number of hydrogen-bond donors (Lipinski definition) is 1. The Morgan fingerprint density at radius 2 is 1.88 bits per heavy atom. The maximum absolute atomic E-state index is 4.27. The summed E-state index contributed by atoms with van der Waals surface area (Å²) in [5.74, 6) is 0. The fourth-order valence-corrected chi connectivity index (χ4v) is 1.71. The molecule has 17 heavy (non-hydrogen) atoms. The maximum atomic E-state index is 4.27. The summed E-state index contributed by atoms with van der Waals surface area (Å²) in [5, 5.41) is 3.40. The average Bonchev–Trinajstić information content (AvgIpc) is 2.38. The van der Waals surface area contributed by atoms with Crippen LogP contribution in [0.5, 0.6) is 0 Å². The lowest BCUT2D eigenvalue weighted by atomic mass is 10.1. The van der Waals surface area contributed by atoms with E-state index >= 15 is 0 Å². The summed E-state index contributed by atoms with van der Waals surface area (Å²) >= 11 is 0. The molecule has 0 aliphatic rings. The number of aryl methyl sites for hydroxylation is 1. The van der Waals surface area contributed by atoms with Gasteiger partial charge in [0.25, 0.3) is 0 Å². The number of pyridine rings is 1. The first-order valence-corrected chi connectivity index (χ1v) is 6.01. The Hall–Kier alpha value is -1.67. The first kappa shape index (κ1) is 11.8. The topological polar surface area (TPSA) is 24.9 Å². The molecule has 0 amide bonds. The third kappa shape index (κ3) is 4.00. The molecule has 0 unspecified atom stereocenters. The van der Waals surface area contributed by atoms with Gasteiger partial charge in [-0.2, -0.15) is 0 Å². The number of benzene rings is 1. The SMILES string of the molecule is Cc1ccc(CCNCc2ccccn2)cc1. The largest absolute Gasteiger partial charge is 0.311 e. The van der Waals surface area contributed by atoms with Crippen molar-refractivity contribution in [3.8, 4) is 0 Å². The van der Waals surface area contributed by atoms with Crippen LogP contribution >= 0.6 is 0 Å². The van der Waals surface area contributed by atoms with Gasteiger partial charge in [-0.05, 0) is 37.6 Å². The molecule has 0 atom stereocenters. The molecule has 0 radical (unpaired) electrons. The van der Waals surface area contributed by atoms with Gasteiger partial charge < -0.3 is 5.32 Å². The van der Waals surface area contributed by atoms with Gasteiger partial charge in [0, 0.05) is 12.7 Å². The van der Waals surface area contributed by atoms with Gasteiger partial charge in [0.15, 0.2) is 0 Å². The van der Waals surface area contributed by atoms with E-state index < -0.39 is 0 Å². The molecule has 0 bridgehead atoms.